The highest BCUT2D eigenvalue weighted by Gasteiger charge is 2.14. The molecule has 0 atom stereocenters. The number of Topliss-reactive ketones (excluding diaryl/α,β-unsaturated/α-hetero) is 1. The number of aryl methyl sites for hydroxylation is 2. The topological polar surface area (TPSA) is 42.0 Å². The molecular weight excluding hydrogens is 268 g/mol. The minimum absolute atomic E-state index is 0.159. The maximum atomic E-state index is 12.4. The first-order valence-electron chi connectivity index (χ1n) is 6.92. The van der Waals surface area contributed by atoms with Crippen LogP contribution in [0, 0.1) is 13.8 Å². The first-order chi connectivity index (χ1) is 9.63. The third-order valence-corrected chi connectivity index (χ3v) is 4.87. The quantitative estimate of drug-likeness (QED) is 0.882. The number of hydrogen-bond acceptors (Lipinski definition) is 4. The third kappa shape index (κ3) is 2.67. The molecule has 1 aromatic carbocycles. The molecule has 20 heavy (non-hydrogen) atoms. The number of thiazole rings is 1. The van der Waals surface area contributed by atoms with E-state index in [-0.39, 0.29) is 5.78 Å². The van der Waals surface area contributed by atoms with E-state index in [1.54, 1.807) is 11.3 Å². The summed E-state index contributed by atoms with van der Waals surface area (Å²) in [4.78, 5) is 18.0. The van der Waals surface area contributed by atoms with Crippen LogP contribution in [-0.2, 0) is 19.4 Å². The molecule has 2 heterocycles. The van der Waals surface area contributed by atoms with Gasteiger partial charge < -0.3 is 5.32 Å². The van der Waals surface area contributed by atoms with E-state index in [9.17, 15) is 4.79 Å². The van der Waals surface area contributed by atoms with E-state index in [1.165, 1.54) is 16.0 Å². The van der Waals surface area contributed by atoms with Crippen molar-refractivity contribution in [3.8, 4) is 0 Å². The van der Waals surface area contributed by atoms with E-state index in [4.69, 9.17) is 0 Å². The van der Waals surface area contributed by atoms with Crippen molar-refractivity contribution in [1.29, 1.82) is 0 Å². The molecule has 0 saturated heterocycles. The standard InChI is InChI=1S/C16H18N2OS/c1-10-11(2)20-16(18-10)8-15(19)13-4-3-12-5-6-17-9-14(12)7-13/h3-4,7,17H,5-6,8-9H2,1-2H3. The van der Waals surface area contributed by atoms with E-state index in [1.807, 2.05) is 26.0 Å². The van der Waals surface area contributed by atoms with Crippen LogP contribution in [0.25, 0.3) is 0 Å². The second-order valence-electron chi connectivity index (χ2n) is 5.26. The predicted molar refractivity (Wildman–Crippen MR) is 81.5 cm³/mol. The fraction of sp³-hybridized carbons (Fsp3) is 0.375. The lowest BCUT2D eigenvalue weighted by molar-refractivity contribution is 0.0993. The molecule has 1 aliphatic heterocycles. The van der Waals surface area contributed by atoms with Crippen LogP contribution in [0.2, 0.25) is 0 Å². The van der Waals surface area contributed by atoms with Crippen molar-refractivity contribution in [3.63, 3.8) is 0 Å². The number of aromatic nitrogens is 1. The molecule has 0 radical (unpaired) electrons. The van der Waals surface area contributed by atoms with Gasteiger partial charge in [0, 0.05) is 17.0 Å². The normalized spacial score (nSPS) is 14.1. The van der Waals surface area contributed by atoms with Gasteiger partial charge in [-0.25, -0.2) is 4.98 Å². The van der Waals surface area contributed by atoms with Crippen LogP contribution in [0.3, 0.4) is 0 Å². The summed E-state index contributed by atoms with van der Waals surface area (Å²) in [6.45, 7) is 5.93. The molecule has 0 amide bonds. The highest BCUT2D eigenvalue weighted by molar-refractivity contribution is 7.11. The number of hydrogen-bond donors (Lipinski definition) is 1. The van der Waals surface area contributed by atoms with Crippen LogP contribution >= 0.6 is 11.3 Å². The fourth-order valence-corrected chi connectivity index (χ4v) is 3.44. The molecule has 3 rings (SSSR count). The van der Waals surface area contributed by atoms with Crippen molar-refractivity contribution in [1.82, 2.24) is 10.3 Å². The van der Waals surface area contributed by atoms with Gasteiger partial charge in [0.25, 0.3) is 0 Å². The van der Waals surface area contributed by atoms with E-state index in [2.05, 4.69) is 16.4 Å². The summed E-state index contributed by atoms with van der Waals surface area (Å²) in [5.74, 6) is 0.159. The molecule has 2 aromatic rings. The fourth-order valence-electron chi connectivity index (χ4n) is 2.51. The summed E-state index contributed by atoms with van der Waals surface area (Å²) in [6.07, 6.45) is 1.46. The minimum Gasteiger partial charge on any atom is -0.312 e. The first kappa shape index (κ1) is 13.5. The number of carbonyl (C=O) groups excluding carboxylic acids is 1. The van der Waals surface area contributed by atoms with Gasteiger partial charge in [-0.3, -0.25) is 4.79 Å². The number of fused-ring (bicyclic) bond motifs is 1. The van der Waals surface area contributed by atoms with Crippen LogP contribution in [0.1, 0.15) is 37.1 Å². The highest BCUT2D eigenvalue weighted by atomic mass is 32.1. The van der Waals surface area contributed by atoms with E-state index in [0.29, 0.717) is 6.42 Å². The molecule has 0 fully saturated rings. The zero-order valence-electron chi connectivity index (χ0n) is 11.8. The lowest BCUT2D eigenvalue weighted by atomic mass is 9.96. The predicted octanol–water partition coefficient (Wildman–Crippen LogP) is 2.83. The second kappa shape index (κ2) is 5.46. The Kier molecular flexibility index (Phi) is 3.68. The molecule has 1 aliphatic rings. The smallest absolute Gasteiger partial charge is 0.169 e. The average molecular weight is 286 g/mol. The average Bonchev–Trinajstić information content (AvgIpc) is 2.76. The van der Waals surface area contributed by atoms with Crippen molar-refractivity contribution < 1.29 is 4.79 Å². The number of ketones is 1. The van der Waals surface area contributed by atoms with E-state index < -0.39 is 0 Å². The summed E-state index contributed by atoms with van der Waals surface area (Å²) in [6, 6.07) is 6.10. The van der Waals surface area contributed by atoms with Crippen molar-refractivity contribution in [3.05, 3.63) is 50.5 Å². The maximum absolute atomic E-state index is 12.4. The Morgan fingerprint density at radius 2 is 2.20 bits per heavy atom. The Balaban J connectivity index is 1.80. The molecular formula is C16H18N2OS. The second-order valence-corrected chi connectivity index (χ2v) is 6.55. The van der Waals surface area contributed by atoms with Crippen LogP contribution in [0.15, 0.2) is 18.2 Å². The van der Waals surface area contributed by atoms with Gasteiger partial charge >= 0.3 is 0 Å². The Bertz CT molecular complexity index is 641. The Morgan fingerprint density at radius 1 is 1.35 bits per heavy atom. The van der Waals surface area contributed by atoms with Crippen LogP contribution in [0.5, 0.6) is 0 Å². The molecule has 104 valence electrons. The molecule has 4 heteroatoms. The van der Waals surface area contributed by atoms with Crippen LogP contribution in [0.4, 0.5) is 0 Å². The lowest BCUT2D eigenvalue weighted by Gasteiger charge is -2.17. The molecule has 0 spiro atoms. The Morgan fingerprint density at radius 3 is 2.95 bits per heavy atom. The summed E-state index contributed by atoms with van der Waals surface area (Å²) in [5.41, 5.74) is 4.46. The van der Waals surface area contributed by atoms with Crippen molar-refractivity contribution >= 4 is 17.1 Å². The van der Waals surface area contributed by atoms with Crippen molar-refractivity contribution in [2.24, 2.45) is 0 Å². The zero-order chi connectivity index (χ0) is 14.1. The van der Waals surface area contributed by atoms with Crippen molar-refractivity contribution in [2.75, 3.05) is 6.54 Å². The number of nitrogens with one attached hydrogen (secondary N) is 1. The summed E-state index contributed by atoms with van der Waals surface area (Å²) < 4.78 is 0. The zero-order valence-corrected chi connectivity index (χ0v) is 12.6. The van der Waals surface area contributed by atoms with E-state index >= 15 is 0 Å². The molecule has 1 aromatic heterocycles. The van der Waals surface area contributed by atoms with Gasteiger partial charge in [-0.15, -0.1) is 11.3 Å². The van der Waals surface area contributed by atoms with Gasteiger partial charge in [-0.05, 0) is 44.0 Å². The maximum Gasteiger partial charge on any atom is 0.169 e. The van der Waals surface area contributed by atoms with E-state index in [0.717, 1.165) is 35.8 Å². The highest BCUT2D eigenvalue weighted by Crippen LogP contribution is 2.20. The monoisotopic (exact) mass is 286 g/mol. The van der Waals surface area contributed by atoms with Crippen molar-refractivity contribution in [2.45, 2.75) is 33.2 Å². The number of benzene rings is 1. The minimum atomic E-state index is 0.159. The summed E-state index contributed by atoms with van der Waals surface area (Å²) >= 11 is 1.62. The summed E-state index contributed by atoms with van der Waals surface area (Å²) in [5, 5.41) is 4.26. The molecule has 0 aliphatic carbocycles. The first-order valence-corrected chi connectivity index (χ1v) is 7.74. The van der Waals surface area contributed by atoms with Gasteiger partial charge in [0.15, 0.2) is 5.78 Å². The summed E-state index contributed by atoms with van der Waals surface area (Å²) in [7, 11) is 0. The van der Waals surface area contributed by atoms with Gasteiger partial charge in [0.1, 0.15) is 5.01 Å². The lowest BCUT2D eigenvalue weighted by Crippen LogP contribution is -2.23. The Labute approximate surface area is 123 Å². The molecule has 0 bridgehead atoms. The number of nitrogens with zero attached hydrogens (tertiary/aromatic N) is 1. The third-order valence-electron chi connectivity index (χ3n) is 3.80. The van der Waals surface area contributed by atoms with Gasteiger partial charge in [0.05, 0.1) is 12.1 Å². The van der Waals surface area contributed by atoms with Crippen LogP contribution in [-0.4, -0.2) is 17.3 Å². The molecule has 0 unspecified atom stereocenters. The molecule has 0 saturated carbocycles. The molecule has 1 N–H and O–H groups in total. The molecule has 3 nitrogen and oxygen atoms in total. The Hall–Kier alpha value is -1.52. The SMILES string of the molecule is Cc1nc(CC(=O)c2ccc3c(c2)CNCC3)sc1C. The largest absolute Gasteiger partial charge is 0.312 e. The van der Waals surface area contributed by atoms with Gasteiger partial charge in [-0.2, -0.15) is 0 Å². The number of rotatable bonds is 3. The number of carbonyl (C=O) groups is 1. The van der Waals surface area contributed by atoms with Crippen LogP contribution < -0.4 is 5.32 Å². The van der Waals surface area contributed by atoms with Gasteiger partial charge in [-0.1, -0.05) is 12.1 Å². The van der Waals surface area contributed by atoms with Gasteiger partial charge in [0.2, 0.25) is 0 Å².